The molecule has 2 aromatic rings. The van der Waals surface area contributed by atoms with E-state index in [2.05, 4.69) is 54.2 Å². The van der Waals surface area contributed by atoms with Gasteiger partial charge < -0.3 is 24.0 Å². The van der Waals surface area contributed by atoms with Crippen molar-refractivity contribution in [1.82, 2.24) is 19.7 Å². The van der Waals surface area contributed by atoms with Crippen molar-refractivity contribution < 1.29 is 18.6 Å². The summed E-state index contributed by atoms with van der Waals surface area (Å²) in [5, 5.41) is 9.38. The minimum absolute atomic E-state index is 0.119. The zero-order chi connectivity index (χ0) is 25.9. The SMILES string of the molecule is CC1(C)O[C@@H]2[C@H](O1)[C@@H](CO[Si](C)(C)C(C)(C)C)O[C@@H]2Cn1ncc2c(NC3CCCC3)nc(Cl)nc21. The van der Waals surface area contributed by atoms with Gasteiger partial charge in [-0.3, -0.25) is 0 Å². The molecular weight excluding hydrogens is 498 g/mol. The van der Waals surface area contributed by atoms with Crippen LogP contribution in [0.1, 0.15) is 60.3 Å². The Hall–Kier alpha value is -1.30. The highest BCUT2D eigenvalue weighted by atomic mass is 35.5. The molecule has 5 rings (SSSR count). The van der Waals surface area contributed by atoms with E-state index in [-0.39, 0.29) is 34.7 Å². The van der Waals surface area contributed by atoms with E-state index in [1.54, 1.807) is 0 Å². The summed E-state index contributed by atoms with van der Waals surface area (Å²) in [4.78, 5) is 8.97. The Labute approximate surface area is 219 Å². The standard InChI is InChI=1S/C25H40ClN5O4Si/c1-24(2,3)36(6,7)32-14-18-20-19(34-25(4,5)35-20)17(33-18)13-31-22-16(12-27-31)21(29-23(26)30-22)28-15-10-8-9-11-15/h12,15,17-20H,8-11,13-14H2,1-7H3,(H,28,29,30)/t17-,18-,19+,20-/m1/s1. The second-order valence-corrected chi connectivity index (χ2v) is 17.5. The number of ether oxygens (including phenoxy) is 3. The second kappa shape index (κ2) is 9.46. The van der Waals surface area contributed by atoms with E-state index in [1.165, 1.54) is 12.8 Å². The van der Waals surface area contributed by atoms with Crippen molar-refractivity contribution in [3.05, 3.63) is 11.5 Å². The lowest BCUT2D eigenvalue weighted by atomic mass is 10.1. The predicted octanol–water partition coefficient (Wildman–Crippen LogP) is 5.14. The van der Waals surface area contributed by atoms with Crippen LogP contribution in [0.4, 0.5) is 5.82 Å². The quantitative estimate of drug-likeness (QED) is 0.383. The normalized spacial score (nSPS) is 28.8. The van der Waals surface area contributed by atoms with Gasteiger partial charge in [0.1, 0.15) is 30.2 Å². The average Bonchev–Trinajstić information content (AvgIpc) is 3.52. The van der Waals surface area contributed by atoms with E-state index in [0.29, 0.717) is 24.8 Å². The van der Waals surface area contributed by atoms with Crippen molar-refractivity contribution in [2.24, 2.45) is 0 Å². The zero-order valence-corrected chi connectivity index (χ0v) is 24.3. The van der Waals surface area contributed by atoms with E-state index in [1.807, 2.05) is 24.7 Å². The van der Waals surface area contributed by atoms with Crippen LogP contribution >= 0.6 is 11.6 Å². The summed E-state index contributed by atoms with van der Waals surface area (Å²) in [5.41, 5.74) is 0.690. The van der Waals surface area contributed by atoms with Crippen LogP contribution in [-0.4, -0.2) is 70.9 Å². The Kier molecular flexibility index (Phi) is 6.92. The van der Waals surface area contributed by atoms with Gasteiger partial charge >= 0.3 is 0 Å². The summed E-state index contributed by atoms with van der Waals surface area (Å²) < 4.78 is 27.5. The number of hydrogen-bond acceptors (Lipinski definition) is 8. The molecule has 200 valence electrons. The minimum atomic E-state index is -1.93. The van der Waals surface area contributed by atoms with Crippen LogP contribution in [-0.2, 0) is 25.2 Å². The molecule has 2 saturated heterocycles. The topological polar surface area (TPSA) is 92.5 Å². The number of halogens is 1. The number of hydrogen-bond donors (Lipinski definition) is 1. The van der Waals surface area contributed by atoms with Crippen LogP contribution < -0.4 is 5.32 Å². The van der Waals surface area contributed by atoms with Crippen LogP contribution in [0.2, 0.25) is 23.4 Å². The monoisotopic (exact) mass is 537 g/mol. The fourth-order valence-corrected chi connectivity index (χ4v) is 6.34. The molecule has 1 aliphatic carbocycles. The zero-order valence-electron chi connectivity index (χ0n) is 22.5. The van der Waals surface area contributed by atoms with Crippen LogP contribution in [0, 0.1) is 0 Å². The number of nitrogens with zero attached hydrogens (tertiary/aromatic N) is 4. The van der Waals surface area contributed by atoms with Gasteiger partial charge in [-0.2, -0.15) is 15.1 Å². The predicted molar refractivity (Wildman–Crippen MR) is 142 cm³/mol. The first-order chi connectivity index (χ1) is 16.8. The first-order valence-electron chi connectivity index (χ1n) is 13.1. The van der Waals surface area contributed by atoms with E-state index in [9.17, 15) is 0 Å². The van der Waals surface area contributed by atoms with Crippen LogP contribution in [0.5, 0.6) is 0 Å². The van der Waals surface area contributed by atoms with Crippen LogP contribution in [0.3, 0.4) is 0 Å². The van der Waals surface area contributed by atoms with Gasteiger partial charge in [-0.25, -0.2) is 4.68 Å². The summed E-state index contributed by atoms with van der Waals surface area (Å²) in [6, 6.07) is 0.411. The minimum Gasteiger partial charge on any atom is -0.414 e. The molecule has 1 N–H and O–H groups in total. The molecule has 3 aliphatic rings. The molecule has 0 spiro atoms. The van der Waals surface area contributed by atoms with Crippen LogP contribution in [0.25, 0.3) is 11.0 Å². The van der Waals surface area contributed by atoms with Crippen molar-refractivity contribution in [1.29, 1.82) is 0 Å². The fraction of sp³-hybridized carbons (Fsp3) is 0.800. The highest BCUT2D eigenvalue weighted by Gasteiger charge is 2.55. The van der Waals surface area contributed by atoms with Gasteiger partial charge in [-0.1, -0.05) is 33.6 Å². The largest absolute Gasteiger partial charge is 0.414 e. The fourth-order valence-electron chi connectivity index (χ4n) is 5.17. The third-order valence-corrected chi connectivity index (χ3v) is 12.8. The van der Waals surface area contributed by atoms with Gasteiger partial charge in [0, 0.05) is 6.04 Å². The van der Waals surface area contributed by atoms with Gasteiger partial charge in [-0.05, 0) is 56.4 Å². The Balaban J connectivity index is 1.36. The molecule has 0 unspecified atom stereocenters. The molecule has 2 aromatic heterocycles. The number of fused-ring (bicyclic) bond motifs is 2. The number of aromatic nitrogens is 4. The van der Waals surface area contributed by atoms with Gasteiger partial charge in [0.2, 0.25) is 5.28 Å². The maximum atomic E-state index is 6.51. The molecule has 0 radical (unpaired) electrons. The lowest BCUT2D eigenvalue weighted by Crippen LogP contribution is -2.44. The Bertz CT molecular complexity index is 1100. The molecule has 0 aromatic carbocycles. The first kappa shape index (κ1) is 26.3. The van der Waals surface area contributed by atoms with Gasteiger partial charge in [0.05, 0.1) is 24.7 Å². The van der Waals surface area contributed by atoms with Gasteiger partial charge in [0.25, 0.3) is 0 Å². The molecule has 11 heteroatoms. The molecule has 36 heavy (non-hydrogen) atoms. The van der Waals surface area contributed by atoms with E-state index < -0.39 is 14.1 Å². The van der Waals surface area contributed by atoms with Crippen LogP contribution in [0.15, 0.2) is 6.20 Å². The van der Waals surface area contributed by atoms with Crippen molar-refractivity contribution in [2.45, 2.75) is 121 Å². The molecule has 4 heterocycles. The second-order valence-electron chi connectivity index (χ2n) is 12.4. The summed E-state index contributed by atoms with van der Waals surface area (Å²) in [6.45, 7) is 16.1. The van der Waals surface area contributed by atoms with Crippen molar-refractivity contribution in [2.75, 3.05) is 11.9 Å². The number of anilines is 1. The molecule has 3 fully saturated rings. The van der Waals surface area contributed by atoms with E-state index in [0.717, 1.165) is 24.0 Å². The summed E-state index contributed by atoms with van der Waals surface area (Å²) in [5.74, 6) is 0.0680. The van der Waals surface area contributed by atoms with Gasteiger partial charge in [0.15, 0.2) is 19.8 Å². The third-order valence-electron chi connectivity index (χ3n) is 8.18. The molecule has 9 nitrogen and oxygen atoms in total. The first-order valence-corrected chi connectivity index (χ1v) is 16.4. The molecule has 1 saturated carbocycles. The molecule has 0 amide bonds. The summed E-state index contributed by atoms with van der Waals surface area (Å²) in [7, 11) is -1.93. The smallest absolute Gasteiger partial charge is 0.226 e. The number of nitrogens with one attached hydrogen (secondary N) is 1. The maximum Gasteiger partial charge on any atom is 0.226 e. The number of rotatable bonds is 7. The highest BCUT2D eigenvalue weighted by molar-refractivity contribution is 6.74. The average molecular weight is 538 g/mol. The van der Waals surface area contributed by atoms with Gasteiger partial charge in [-0.15, -0.1) is 0 Å². The third kappa shape index (κ3) is 5.17. The molecule has 0 bridgehead atoms. The lowest BCUT2D eigenvalue weighted by Gasteiger charge is -2.37. The van der Waals surface area contributed by atoms with Crippen molar-refractivity contribution >= 4 is 36.8 Å². The summed E-state index contributed by atoms with van der Waals surface area (Å²) >= 11 is 6.33. The van der Waals surface area contributed by atoms with Crippen molar-refractivity contribution in [3.8, 4) is 0 Å². The lowest BCUT2D eigenvalue weighted by molar-refractivity contribution is -0.191. The Morgan fingerprint density at radius 1 is 1.14 bits per heavy atom. The van der Waals surface area contributed by atoms with E-state index in [4.69, 9.17) is 30.2 Å². The van der Waals surface area contributed by atoms with Crippen molar-refractivity contribution in [3.63, 3.8) is 0 Å². The maximum absolute atomic E-state index is 6.51. The Morgan fingerprint density at radius 2 is 1.81 bits per heavy atom. The molecule has 4 atom stereocenters. The molecule has 2 aliphatic heterocycles. The summed E-state index contributed by atoms with van der Waals surface area (Å²) in [6.07, 6.45) is 5.67. The Morgan fingerprint density at radius 3 is 2.47 bits per heavy atom. The highest BCUT2D eigenvalue weighted by Crippen LogP contribution is 2.41. The molecular formula is C25H40ClN5O4Si. The van der Waals surface area contributed by atoms with E-state index >= 15 is 0 Å².